The highest BCUT2D eigenvalue weighted by molar-refractivity contribution is 7.91. The monoisotopic (exact) mass is 414 g/mol. The van der Waals surface area contributed by atoms with Crippen LogP contribution < -0.4 is 9.64 Å². The van der Waals surface area contributed by atoms with E-state index in [0.717, 1.165) is 29.0 Å². The van der Waals surface area contributed by atoms with Crippen LogP contribution in [0.25, 0.3) is 0 Å². The fraction of sp³-hybridized carbons (Fsp3) is 0.409. The molecule has 0 saturated carbocycles. The van der Waals surface area contributed by atoms with Crippen LogP contribution in [0, 0.1) is 6.92 Å². The van der Waals surface area contributed by atoms with Crippen molar-refractivity contribution in [2.75, 3.05) is 36.6 Å². The zero-order valence-electron chi connectivity index (χ0n) is 16.7. The lowest BCUT2D eigenvalue weighted by atomic mass is 10.0. The molecule has 1 amide bonds. The van der Waals surface area contributed by atoms with Crippen molar-refractivity contribution in [1.82, 2.24) is 4.90 Å². The number of ether oxygens (including phenoxy) is 1. The van der Waals surface area contributed by atoms with Gasteiger partial charge in [0, 0.05) is 18.3 Å². The molecule has 4 rings (SSSR count). The van der Waals surface area contributed by atoms with Crippen LogP contribution in [0.15, 0.2) is 48.5 Å². The Kier molecular flexibility index (Phi) is 5.36. The van der Waals surface area contributed by atoms with Gasteiger partial charge >= 0.3 is 0 Å². The molecule has 2 saturated heterocycles. The molecular formula is C22H26N2O4S. The van der Waals surface area contributed by atoms with Crippen LogP contribution >= 0.6 is 0 Å². The van der Waals surface area contributed by atoms with E-state index >= 15 is 0 Å². The van der Waals surface area contributed by atoms with Crippen LogP contribution in [0.1, 0.15) is 11.1 Å². The fourth-order valence-corrected chi connectivity index (χ4v) is 6.36. The van der Waals surface area contributed by atoms with Crippen molar-refractivity contribution in [3.05, 3.63) is 59.7 Å². The Labute approximate surface area is 172 Å². The topological polar surface area (TPSA) is 66.9 Å². The Morgan fingerprint density at radius 3 is 2.48 bits per heavy atom. The lowest BCUT2D eigenvalue weighted by molar-refractivity contribution is -0.123. The van der Waals surface area contributed by atoms with Crippen LogP contribution in [0.4, 0.5) is 5.69 Å². The second-order valence-corrected chi connectivity index (χ2v) is 10.0. The van der Waals surface area contributed by atoms with Gasteiger partial charge in [0.2, 0.25) is 5.91 Å². The number of methoxy groups -OCH3 is 1. The van der Waals surface area contributed by atoms with Crippen molar-refractivity contribution in [3.8, 4) is 5.75 Å². The predicted molar refractivity (Wildman–Crippen MR) is 113 cm³/mol. The van der Waals surface area contributed by atoms with Crippen LogP contribution in [0.2, 0.25) is 0 Å². The lowest BCUT2D eigenvalue weighted by Crippen LogP contribution is -2.62. The summed E-state index contributed by atoms with van der Waals surface area (Å²) < 4.78 is 30.1. The van der Waals surface area contributed by atoms with E-state index in [1.807, 2.05) is 60.4 Å². The second kappa shape index (κ2) is 7.80. The van der Waals surface area contributed by atoms with E-state index in [9.17, 15) is 13.2 Å². The summed E-state index contributed by atoms with van der Waals surface area (Å²) in [4.78, 5) is 16.8. The van der Waals surface area contributed by atoms with Crippen molar-refractivity contribution in [2.24, 2.45) is 0 Å². The highest BCUT2D eigenvalue weighted by Gasteiger charge is 2.49. The first-order valence-corrected chi connectivity index (χ1v) is 11.6. The Balaban J connectivity index is 1.55. The Hall–Kier alpha value is -2.38. The van der Waals surface area contributed by atoms with E-state index in [1.165, 1.54) is 0 Å². The summed E-state index contributed by atoms with van der Waals surface area (Å²) in [5, 5.41) is 0. The van der Waals surface area contributed by atoms with Gasteiger partial charge in [0.15, 0.2) is 9.84 Å². The van der Waals surface area contributed by atoms with Crippen molar-refractivity contribution in [1.29, 1.82) is 0 Å². The molecule has 2 aliphatic rings. The van der Waals surface area contributed by atoms with Crippen LogP contribution in [0.3, 0.4) is 0 Å². The molecule has 0 aliphatic carbocycles. The summed E-state index contributed by atoms with van der Waals surface area (Å²) in [6.45, 7) is 2.86. The molecule has 0 bridgehead atoms. The van der Waals surface area contributed by atoms with E-state index < -0.39 is 9.84 Å². The summed E-state index contributed by atoms with van der Waals surface area (Å²) in [6, 6.07) is 15.1. The molecule has 2 aromatic rings. The molecular weight excluding hydrogens is 388 g/mol. The predicted octanol–water partition coefficient (Wildman–Crippen LogP) is 2.06. The van der Waals surface area contributed by atoms with E-state index in [2.05, 4.69) is 0 Å². The van der Waals surface area contributed by atoms with Crippen LogP contribution in [-0.2, 0) is 21.1 Å². The number of piperazine rings is 1. The standard InChI is InChI=1S/C22H26N2O4S/c1-16-4-3-5-18(12-16)24-21-15-29(26,27)14-20(21)23(13-22(24)25)11-10-17-6-8-19(28-2)9-7-17/h3-9,12,20-21H,10-11,13-15H2,1-2H3. The molecule has 2 heterocycles. The zero-order valence-corrected chi connectivity index (χ0v) is 17.6. The third-order valence-electron chi connectivity index (χ3n) is 5.83. The quantitative estimate of drug-likeness (QED) is 0.749. The van der Waals surface area contributed by atoms with E-state index in [4.69, 9.17) is 4.74 Å². The van der Waals surface area contributed by atoms with E-state index in [1.54, 1.807) is 12.0 Å². The minimum atomic E-state index is -3.18. The summed E-state index contributed by atoms with van der Waals surface area (Å²) in [7, 11) is -1.55. The average molecular weight is 415 g/mol. The van der Waals surface area contributed by atoms with Crippen molar-refractivity contribution in [2.45, 2.75) is 25.4 Å². The lowest BCUT2D eigenvalue weighted by Gasteiger charge is -2.43. The molecule has 2 atom stereocenters. The minimum absolute atomic E-state index is 0.0242. The van der Waals surface area contributed by atoms with Crippen LogP contribution in [0.5, 0.6) is 5.75 Å². The maximum absolute atomic E-state index is 13.0. The molecule has 0 N–H and O–H groups in total. The van der Waals surface area contributed by atoms with Gasteiger partial charge in [-0.2, -0.15) is 0 Å². The maximum Gasteiger partial charge on any atom is 0.241 e. The molecule has 0 spiro atoms. The third kappa shape index (κ3) is 4.16. The number of anilines is 1. The number of carbonyl (C=O) groups excluding carboxylic acids is 1. The maximum atomic E-state index is 13.0. The Morgan fingerprint density at radius 2 is 1.79 bits per heavy atom. The number of rotatable bonds is 5. The number of benzene rings is 2. The van der Waals surface area contributed by atoms with Gasteiger partial charge in [0.05, 0.1) is 31.2 Å². The van der Waals surface area contributed by atoms with Gasteiger partial charge in [-0.3, -0.25) is 9.69 Å². The SMILES string of the molecule is COc1ccc(CCN2CC(=O)N(c3cccc(C)c3)C3CS(=O)(=O)CC32)cc1. The summed E-state index contributed by atoms with van der Waals surface area (Å²) in [5.41, 5.74) is 2.98. The van der Waals surface area contributed by atoms with E-state index in [-0.39, 0.29) is 36.0 Å². The van der Waals surface area contributed by atoms with Gasteiger partial charge in [-0.25, -0.2) is 8.42 Å². The molecule has 0 aromatic heterocycles. The van der Waals surface area contributed by atoms with Gasteiger partial charge in [-0.05, 0) is 48.7 Å². The molecule has 2 fully saturated rings. The second-order valence-electron chi connectivity index (χ2n) is 7.88. The van der Waals surface area contributed by atoms with Crippen molar-refractivity contribution < 1.29 is 17.9 Å². The molecule has 154 valence electrons. The molecule has 2 aliphatic heterocycles. The normalized spacial score (nSPS) is 23.8. The number of hydrogen-bond donors (Lipinski definition) is 0. The molecule has 2 unspecified atom stereocenters. The van der Waals surface area contributed by atoms with E-state index in [0.29, 0.717) is 6.54 Å². The summed E-state index contributed by atoms with van der Waals surface area (Å²) in [6.07, 6.45) is 0.755. The summed E-state index contributed by atoms with van der Waals surface area (Å²) >= 11 is 0. The van der Waals surface area contributed by atoms with Gasteiger partial charge in [-0.1, -0.05) is 24.3 Å². The minimum Gasteiger partial charge on any atom is -0.497 e. The van der Waals surface area contributed by atoms with Crippen molar-refractivity contribution in [3.63, 3.8) is 0 Å². The first kappa shape index (κ1) is 19.9. The van der Waals surface area contributed by atoms with Gasteiger partial charge in [-0.15, -0.1) is 0 Å². The van der Waals surface area contributed by atoms with Gasteiger partial charge in [0.1, 0.15) is 5.75 Å². The van der Waals surface area contributed by atoms with Gasteiger partial charge < -0.3 is 9.64 Å². The van der Waals surface area contributed by atoms with Gasteiger partial charge in [0.25, 0.3) is 0 Å². The molecule has 6 nitrogen and oxygen atoms in total. The number of hydrogen-bond acceptors (Lipinski definition) is 5. The number of amides is 1. The van der Waals surface area contributed by atoms with Crippen molar-refractivity contribution >= 4 is 21.4 Å². The average Bonchev–Trinajstić information content (AvgIpc) is 3.01. The Bertz CT molecular complexity index is 1000. The summed E-state index contributed by atoms with van der Waals surface area (Å²) in [5.74, 6) is 0.896. The first-order valence-electron chi connectivity index (χ1n) is 9.82. The zero-order chi connectivity index (χ0) is 20.6. The number of carbonyl (C=O) groups is 1. The number of fused-ring (bicyclic) bond motifs is 1. The molecule has 29 heavy (non-hydrogen) atoms. The highest BCUT2D eigenvalue weighted by atomic mass is 32.2. The molecule has 7 heteroatoms. The number of nitrogens with zero attached hydrogens (tertiary/aromatic N) is 2. The highest BCUT2D eigenvalue weighted by Crippen LogP contribution is 2.32. The number of aryl methyl sites for hydroxylation is 1. The molecule has 0 radical (unpaired) electrons. The fourth-order valence-electron chi connectivity index (χ4n) is 4.38. The largest absolute Gasteiger partial charge is 0.497 e. The van der Waals surface area contributed by atoms with Crippen LogP contribution in [-0.4, -0.2) is 63.0 Å². The first-order chi connectivity index (χ1) is 13.9. The Morgan fingerprint density at radius 1 is 1.07 bits per heavy atom. The smallest absolute Gasteiger partial charge is 0.241 e. The molecule has 2 aromatic carbocycles. The number of sulfone groups is 1. The third-order valence-corrected chi connectivity index (χ3v) is 7.53.